The average Bonchev–Trinajstić information content (AvgIpc) is 2.23. The molecule has 0 aliphatic heterocycles. The van der Waals surface area contributed by atoms with E-state index < -0.39 is 0 Å². The third-order valence-corrected chi connectivity index (χ3v) is 2.06. The Morgan fingerprint density at radius 3 is 2.87 bits per heavy atom. The maximum Gasteiger partial charge on any atom is 0.132 e. The molecule has 0 spiro atoms. The zero-order valence-electron chi connectivity index (χ0n) is 9.12. The lowest BCUT2D eigenvalue weighted by molar-refractivity contribution is 0.100. The van der Waals surface area contributed by atoms with Crippen LogP contribution in [0.3, 0.4) is 0 Å². The lowest BCUT2D eigenvalue weighted by atomic mass is 10.3. The Labute approximate surface area is 95.4 Å². The quantitative estimate of drug-likeness (QED) is 0.555. The predicted octanol–water partition coefficient (Wildman–Crippen LogP) is 2.85. The number of hydrogen-bond donors (Lipinski definition) is 0. The first kappa shape index (κ1) is 12.3. The fourth-order valence-corrected chi connectivity index (χ4v) is 1.24. The van der Waals surface area contributed by atoms with Crippen molar-refractivity contribution < 1.29 is 9.47 Å². The van der Waals surface area contributed by atoms with E-state index in [0.29, 0.717) is 18.4 Å². The van der Waals surface area contributed by atoms with Crippen LogP contribution < -0.4 is 4.74 Å². The number of aryl methyl sites for hydroxylation is 1. The number of hydrogen-bond acceptors (Lipinski definition) is 3. The molecule has 1 rings (SSSR count). The van der Waals surface area contributed by atoms with Crippen LogP contribution in [0.4, 0.5) is 0 Å². The zero-order valence-corrected chi connectivity index (χ0v) is 9.88. The van der Waals surface area contributed by atoms with Gasteiger partial charge < -0.3 is 9.47 Å². The molecule has 1 aromatic heterocycles. The molecule has 15 heavy (non-hydrogen) atoms. The maximum atomic E-state index is 5.76. The first-order chi connectivity index (χ1) is 7.24. The summed E-state index contributed by atoms with van der Waals surface area (Å²) in [7, 11) is 0. The summed E-state index contributed by atoms with van der Waals surface area (Å²) in [6.45, 7) is 5.94. The smallest absolute Gasteiger partial charge is 0.132 e. The Balaban J connectivity index is 2.33. The van der Waals surface area contributed by atoms with E-state index in [9.17, 15) is 0 Å². The van der Waals surface area contributed by atoms with Gasteiger partial charge in [0.25, 0.3) is 0 Å². The monoisotopic (exact) mass is 229 g/mol. The first-order valence-corrected chi connectivity index (χ1v) is 5.44. The molecule has 0 amide bonds. The van der Waals surface area contributed by atoms with Gasteiger partial charge in [0.15, 0.2) is 0 Å². The van der Waals surface area contributed by atoms with Crippen molar-refractivity contribution in [2.45, 2.75) is 20.3 Å². The molecule has 0 aromatic carbocycles. The van der Waals surface area contributed by atoms with Crippen LogP contribution in [0.25, 0.3) is 0 Å². The third kappa shape index (κ3) is 4.49. The van der Waals surface area contributed by atoms with Crippen LogP contribution in [0.1, 0.15) is 18.9 Å². The lowest BCUT2D eigenvalue weighted by Gasteiger charge is -2.08. The van der Waals surface area contributed by atoms with Gasteiger partial charge in [0, 0.05) is 24.4 Å². The van der Waals surface area contributed by atoms with Crippen LogP contribution in [-0.2, 0) is 4.74 Å². The van der Waals surface area contributed by atoms with E-state index in [-0.39, 0.29) is 0 Å². The fraction of sp³-hybridized carbons (Fsp3) is 0.545. The second kappa shape index (κ2) is 6.64. The van der Waals surface area contributed by atoms with Gasteiger partial charge in [-0.1, -0.05) is 18.5 Å². The Bertz CT molecular complexity index is 305. The van der Waals surface area contributed by atoms with Gasteiger partial charge in [-0.2, -0.15) is 0 Å². The minimum atomic E-state index is 0.449. The molecule has 1 heterocycles. The molecule has 0 fully saturated rings. The van der Waals surface area contributed by atoms with Gasteiger partial charge in [-0.05, 0) is 13.3 Å². The molecule has 0 unspecified atom stereocenters. The highest BCUT2D eigenvalue weighted by molar-refractivity contribution is 6.29. The highest BCUT2D eigenvalue weighted by atomic mass is 35.5. The minimum absolute atomic E-state index is 0.449. The number of nitrogens with zero attached hydrogens (tertiary/aromatic N) is 1. The summed E-state index contributed by atoms with van der Waals surface area (Å²) < 4.78 is 10.8. The van der Waals surface area contributed by atoms with Gasteiger partial charge in [0.1, 0.15) is 17.5 Å². The van der Waals surface area contributed by atoms with Crippen molar-refractivity contribution >= 4 is 11.6 Å². The molecule has 0 atom stereocenters. The number of pyridine rings is 1. The van der Waals surface area contributed by atoms with Gasteiger partial charge in [-0.3, -0.25) is 0 Å². The highest BCUT2D eigenvalue weighted by Crippen LogP contribution is 2.19. The minimum Gasteiger partial charge on any atom is -0.491 e. The number of halogens is 1. The van der Waals surface area contributed by atoms with Crippen molar-refractivity contribution in [1.82, 2.24) is 4.98 Å². The topological polar surface area (TPSA) is 31.4 Å². The largest absolute Gasteiger partial charge is 0.491 e. The molecule has 0 bridgehead atoms. The summed E-state index contributed by atoms with van der Waals surface area (Å²) in [5.41, 5.74) is 0.981. The van der Waals surface area contributed by atoms with Crippen LogP contribution >= 0.6 is 11.6 Å². The summed E-state index contributed by atoms with van der Waals surface area (Å²) in [6, 6.07) is 1.72. The molecule has 4 heteroatoms. The second-order valence-electron chi connectivity index (χ2n) is 3.23. The maximum absolute atomic E-state index is 5.76. The Morgan fingerprint density at radius 1 is 1.33 bits per heavy atom. The summed E-state index contributed by atoms with van der Waals surface area (Å²) >= 11 is 5.76. The molecule has 0 saturated carbocycles. The number of aromatic nitrogens is 1. The van der Waals surface area contributed by atoms with Crippen molar-refractivity contribution in [2.24, 2.45) is 0 Å². The Kier molecular flexibility index (Phi) is 5.43. The predicted molar refractivity (Wildman–Crippen MR) is 60.6 cm³/mol. The molecule has 0 saturated heterocycles. The van der Waals surface area contributed by atoms with E-state index in [1.54, 1.807) is 12.3 Å². The van der Waals surface area contributed by atoms with Gasteiger partial charge in [0.2, 0.25) is 0 Å². The summed E-state index contributed by atoms with van der Waals surface area (Å²) in [6.07, 6.45) is 2.73. The highest BCUT2D eigenvalue weighted by Gasteiger charge is 2.01. The van der Waals surface area contributed by atoms with Crippen molar-refractivity contribution in [3.05, 3.63) is 23.0 Å². The van der Waals surface area contributed by atoms with Crippen molar-refractivity contribution in [3.8, 4) is 5.75 Å². The summed E-state index contributed by atoms with van der Waals surface area (Å²) in [4.78, 5) is 3.95. The van der Waals surface area contributed by atoms with Crippen molar-refractivity contribution in [2.75, 3.05) is 19.8 Å². The molecule has 0 aliphatic rings. The van der Waals surface area contributed by atoms with Gasteiger partial charge in [0.05, 0.1) is 6.61 Å². The Morgan fingerprint density at radius 2 is 2.13 bits per heavy atom. The average molecular weight is 230 g/mol. The molecule has 84 valence electrons. The van der Waals surface area contributed by atoms with Crippen LogP contribution in [0, 0.1) is 6.92 Å². The fourth-order valence-electron chi connectivity index (χ4n) is 1.09. The van der Waals surface area contributed by atoms with Crippen LogP contribution in [-0.4, -0.2) is 24.8 Å². The van der Waals surface area contributed by atoms with Crippen LogP contribution in [0.2, 0.25) is 5.15 Å². The Hall–Kier alpha value is -0.800. The van der Waals surface area contributed by atoms with E-state index in [4.69, 9.17) is 21.1 Å². The van der Waals surface area contributed by atoms with Crippen molar-refractivity contribution in [1.29, 1.82) is 0 Å². The van der Waals surface area contributed by atoms with Gasteiger partial charge >= 0.3 is 0 Å². The SMILES string of the molecule is CCCOCCOc1cc(Cl)ncc1C. The summed E-state index contributed by atoms with van der Waals surface area (Å²) in [5.74, 6) is 0.773. The molecule has 0 radical (unpaired) electrons. The normalized spacial score (nSPS) is 10.3. The van der Waals surface area contributed by atoms with Crippen molar-refractivity contribution in [3.63, 3.8) is 0 Å². The lowest BCUT2D eigenvalue weighted by Crippen LogP contribution is -2.07. The van der Waals surface area contributed by atoms with Gasteiger partial charge in [-0.25, -0.2) is 4.98 Å². The van der Waals surface area contributed by atoms with Crippen LogP contribution in [0.5, 0.6) is 5.75 Å². The van der Waals surface area contributed by atoms with E-state index in [1.165, 1.54) is 0 Å². The van der Waals surface area contributed by atoms with E-state index in [0.717, 1.165) is 24.3 Å². The first-order valence-electron chi connectivity index (χ1n) is 5.06. The molecule has 0 aliphatic carbocycles. The molecular formula is C11H16ClNO2. The standard InChI is InChI=1S/C11H16ClNO2/c1-3-4-14-5-6-15-10-7-11(12)13-8-9(10)2/h7-8H,3-6H2,1-2H3. The third-order valence-electron chi connectivity index (χ3n) is 1.85. The molecule has 0 N–H and O–H groups in total. The van der Waals surface area contributed by atoms with Gasteiger partial charge in [-0.15, -0.1) is 0 Å². The molecule has 3 nitrogen and oxygen atoms in total. The van der Waals surface area contributed by atoms with Crippen LogP contribution in [0.15, 0.2) is 12.3 Å². The number of ether oxygens (including phenoxy) is 2. The van der Waals surface area contributed by atoms with E-state index in [1.807, 2.05) is 6.92 Å². The molecule has 1 aromatic rings. The molecular weight excluding hydrogens is 214 g/mol. The zero-order chi connectivity index (χ0) is 11.1. The second-order valence-corrected chi connectivity index (χ2v) is 3.62. The van der Waals surface area contributed by atoms with E-state index >= 15 is 0 Å². The number of rotatable bonds is 6. The van der Waals surface area contributed by atoms with E-state index in [2.05, 4.69) is 11.9 Å². The summed E-state index contributed by atoms with van der Waals surface area (Å²) in [5, 5.41) is 0.449.